The summed E-state index contributed by atoms with van der Waals surface area (Å²) in [5.74, 6) is -0.457. The zero-order valence-electron chi connectivity index (χ0n) is 15.3. The molecule has 0 unspecified atom stereocenters. The lowest BCUT2D eigenvalue weighted by molar-refractivity contribution is -0.384. The van der Waals surface area contributed by atoms with E-state index in [4.69, 9.17) is 4.74 Å². The summed E-state index contributed by atoms with van der Waals surface area (Å²) in [7, 11) is 0. The minimum atomic E-state index is -0.465. The molecule has 1 saturated carbocycles. The number of rotatable bonds is 6. The molecule has 3 rings (SSSR count). The molecule has 2 fully saturated rings. The topological polar surface area (TPSA) is 67.6 Å². The fourth-order valence-corrected chi connectivity index (χ4v) is 4.22. The van der Waals surface area contributed by atoms with Gasteiger partial charge in [0.2, 0.25) is 0 Å². The van der Waals surface area contributed by atoms with Gasteiger partial charge in [-0.15, -0.1) is 0 Å². The second-order valence-electron chi connectivity index (χ2n) is 7.26. The first-order valence-corrected chi connectivity index (χ1v) is 9.63. The van der Waals surface area contributed by atoms with E-state index in [1.54, 1.807) is 0 Å². The molecule has 0 aromatic heterocycles. The highest BCUT2D eigenvalue weighted by atomic mass is 19.1. The van der Waals surface area contributed by atoms with Gasteiger partial charge in [-0.05, 0) is 51.5 Å². The molecule has 7 heteroatoms. The summed E-state index contributed by atoms with van der Waals surface area (Å²) in [6.07, 6.45) is 6.87. The Bertz CT molecular complexity index is 612. The standard InChI is InChI=1S/C19H28FN3O3/c1-2-26-17-6-4-16(5-7-17)22-11-9-15(10-12-22)21-18-13-14(20)3-8-19(18)23(24)25/h3,8,13,15-17,21H,2,4-7,9-12H2,1H3. The van der Waals surface area contributed by atoms with E-state index in [-0.39, 0.29) is 17.4 Å². The first kappa shape index (κ1) is 19.0. The lowest BCUT2D eigenvalue weighted by Crippen LogP contribution is -2.46. The number of nitrogens with one attached hydrogen (secondary N) is 1. The lowest BCUT2D eigenvalue weighted by Gasteiger charge is -2.41. The molecular weight excluding hydrogens is 337 g/mol. The number of ether oxygens (including phenoxy) is 1. The molecule has 0 spiro atoms. The van der Waals surface area contributed by atoms with Crippen LogP contribution >= 0.6 is 0 Å². The van der Waals surface area contributed by atoms with Gasteiger partial charge in [0, 0.05) is 43.9 Å². The van der Waals surface area contributed by atoms with Crippen LogP contribution in [0.2, 0.25) is 0 Å². The number of piperidine rings is 1. The second kappa shape index (κ2) is 8.77. The normalized spacial score (nSPS) is 25.2. The molecule has 0 bridgehead atoms. The smallest absolute Gasteiger partial charge is 0.292 e. The highest BCUT2D eigenvalue weighted by Crippen LogP contribution is 2.30. The summed E-state index contributed by atoms with van der Waals surface area (Å²) in [4.78, 5) is 13.2. The van der Waals surface area contributed by atoms with Crippen LogP contribution in [0.5, 0.6) is 0 Å². The van der Waals surface area contributed by atoms with Crippen molar-refractivity contribution >= 4 is 11.4 Å². The van der Waals surface area contributed by atoms with Crippen LogP contribution in [0.3, 0.4) is 0 Å². The van der Waals surface area contributed by atoms with Gasteiger partial charge in [0.25, 0.3) is 5.69 Å². The van der Waals surface area contributed by atoms with Crippen molar-refractivity contribution < 1.29 is 14.1 Å². The molecule has 1 N–H and O–H groups in total. The molecular formula is C19H28FN3O3. The Labute approximate surface area is 153 Å². The van der Waals surface area contributed by atoms with E-state index in [9.17, 15) is 14.5 Å². The predicted molar refractivity (Wildman–Crippen MR) is 98.9 cm³/mol. The third-order valence-corrected chi connectivity index (χ3v) is 5.61. The Morgan fingerprint density at radius 2 is 1.92 bits per heavy atom. The first-order valence-electron chi connectivity index (χ1n) is 9.63. The van der Waals surface area contributed by atoms with Crippen molar-refractivity contribution in [2.75, 3.05) is 25.0 Å². The molecule has 1 heterocycles. The van der Waals surface area contributed by atoms with Crippen molar-refractivity contribution in [2.45, 2.75) is 63.6 Å². The number of halogens is 1. The third kappa shape index (κ3) is 4.71. The van der Waals surface area contributed by atoms with Crippen molar-refractivity contribution in [1.82, 2.24) is 4.90 Å². The van der Waals surface area contributed by atoms with E-state index in [1.807, 2.05) is 6.92 Å². The van der Waals surface area contributed by atoms with E-state index in [0.29, 0.717) is 12.1 Å². The number of hydrogen-bond donors (Lipinski definition) is 1. The summed E-state index contributed by atoms with van der Waals surface area (Å²) < 4.78 is 19.2. The maximum absolute atomic E-state index is 13.5. The minimum absolute atomic E-state index is 0.0666. The quantitative estimate of drug-likeness (QED) is 0.610. The van der Waals surface area contributed by atoms with Crippen LogP contribution in [0.15, 0.2) is 18.2 Å². The summed E-state index contributed by atoms with van der Waals surface area (Å²) in [6, 6.07) is 4.34. The van der Waals surface area contributed by atoms with Gasteiger partial charge in [0.05, 0.1) is 11.0 Å². The van der Waals surface area contributed by atoms with Crippen molar-refractivity contribution in [1.29, 1.82) is 0 Å². The van der Waals surface area contributed by atoms with Gasteiger partial charge < -0.3 is 15.0 Å². The van der Waals surface area contributed by atoms with Crippen molar-refractivity contribution in [3.05, 3.63) is 34.1 Å². The fraction of sp³-hybridized carbons (Fsp3) is 0.684. The average Bonchev–Trinajstić information content (AvgIpc) is 2.63. The van der Waals surface area contributed by atoms with E-state index < -0.39 is 10.7 Å². The van der Waals surface area contributed by atoms with Crippen molar-refractivity contribution in [3.8, 4) is 0 Å². The van der Waals surface area contributed by atoms with Gasteiger partial charge in [0.15, 0.2) is 0 Å². The lowest BCUT2D eigenvalue weighted by atomic mass is 9.90. The van der Waals surface area contributed by atoms with Crippen LogP contribution in [-0.2, 0) is 4.74 Å². The monoisotopic (exact) mass is 365 g/mol. The third-order valence-electron chi connectivity index (χ3n) is 5.61. The van der Waals surface area contributed by atoms with Crippen LogP contribution in [0.1, 0.15) is 45.4 Å². The van der Waals surface area contributed by atoms with Crippen LogP contribution in [0, 0.1) is 15.9 Å². The van der Waals surface area contributed by atoms with Crippen LogP contribution in [-0.4, -0.2) is 47.7 Å². The minimum Gasteiger partial charge on any atom is -0.379 e. The highest BCUT2D eigenvalue weighted by Gasteiger charge is 2.29. The number of likely N-dealkylation sites (tertiary alicyclic amines) is 1. The molecule has 144 valence electrons. The predicted octanol–water partition coefficient (Wildman–Crippen LogP) is 3.96. The van der Waals surface area contributed by atoms with Crippen LogP contribution in [0.4, 0.5) is 15.8 Å². The molecule has 0 radical (unpaired) electrons. The van der Waals surface area contributed by atoms with Gasteiger partial charge >= 0.3 is 0 Å². The van der Waals surface area contributed by atoms with Crippen LogP contribution < -0.4 is 5.32 Å². The maximum atomic E-state index is 13.5. The summed E-state index contributed by atoms with van der Waals surface area (Å²) in [6.45, 7) is 4.79. The van der Waals surface area contributed by atoms with Gasteiger partial charge in [-0.25, -0.2) is 4.39 Å². The summed E-state index contributed by atoms with van der Waals surface area (Å²) in [5.41, 5.74) is 0.216. The first-order chi connectivity index (χ1) is 12.6. The zero-order chi connectivity index (χ0) is 18.5. The summed E-state index contributed by atoms with van der Waals surface area (Å²) in [5, 5.41) is 14.3. The molecule has 0 atom stereocenters. The molecule has 0 amide bonds. The Kier molecular flexibility index (Phi) is 6.43. The van der Waals surface area contributed by atoms with Gasteiger partial charge in [0.1, 0.15) is 11.5 Å². The molecule has 1 aliphatic carbocycles. The Balaban J connectivity index is 1.50. The number of benzene rings is 1. The number of nitro benzene ring substituents is 1. The van der Waals surface area contributed by atoms with E-state index in [0.717, 1.165) is 51.4 Å². The van der Waals surface area contributed by atoms with Crippen LogP contribution in [0.25, 0.3) is 0 Å². The van der Waals surface area contributed by atoms with Gasteiger partial charge in [-0.2, -0.15) is 0 Å². The fourth-order valence-electron chi connectivity index (χ4n) is 4.22. The number of anilines is 1. The van der Waals surface area contributed by atoms with Gasteiger partial charge in [-0.3, -0.25) is 10.1 Å². The molecule has 1 saturated heterocycles. The Morgan fingerprint density at radius 1 is 1.23 bits per heavy atom. The van der Waals surface area contributed by atoms with E-state index in [1.165, 1.54) is 25.0 Å². The van der Waals surface area contributed by atoms with E-state index in [2.05, 4.69) is 10.2 Å². The summed E-state index contributed by atoms with van der Waals surface area (Å²) >= 11 is 0. The molecule has 2 aliphatic rings. The SMILES string of the molecule is CCOC1CCC(N2CCC(Nc3cc(F)ccc3[N+](=O)[O-])CC2)CC1. The zero-order valence-corrected chi connectivity index (χ0v) is 15.3. The average molecular weight is 365 g/mol. The van der Waals surface area contributed by atoms with Gasteiger partial charge in [-0.1, -0.05) is 0 Å². The second-order valence-corrected chi connectivity index (χ2v) is 7.26. The highest BCUT2D eigenvalue weighted by molar-refractivity contribution is 5.61. The number of hydrogen-bond acceptors (Lipinski definition) is 5. The van der Waals surface area contributed by atoms with Crippen molar-refractivity contribution in [2.24, 2.45) is 0 Å². The number of nitrogens with zero attached hydrogens (tertiary/aromatic N) is 2. The largest absolute Gasteiger partial charge is 0.379 e. The van der Waals surface area contributed by atoms with Crippen molar-refractivity contribution in [3.63, 3.8) is 0 Å². The Morgan fingerprint density at radius 3 is 2.54 bits per heavy atom. The Hall–Kier alpha value is -1.73. The molecule has 26 heavy (non-hydrogen) atoms. The molecule has 1 aromatic carbocycles. The number of nitro groups is 1. The molecule has 6 nitrogen and oxygen atoms in total. The van der Waals surface area contributed by atoms with E-state index >= 15 is 0 Å². The molecule has 1 aliphatic heterocycles. The molecule has 1 aromatic rings. The maximum Gasteiger partial charge on any atom is 0.292 e.